The fourth-order valence-corrected chi connectivity index (χ4v) is 12.8. The van der Waals surface area contributed by atoms with Gasteiger partial charge in [0.2, 0.25) is 0 Å². The number of unbranched alkanes of at least 4 members (excludes halogenated alkanes) is 10. The van der Waals surface area contributed by atoms with Crippen LogP contribution in [0.5, 0.6) is 11.5 Å². The summed E-state index contributed by atoms with van der Waals surface area (Å²) < 4.78 is 32.7. The summed E-state index contributed by atoms with van der Waals surface area (Å²) in [5.74, 6) is 1.85. The van der Waals surface area contributed by atoms with Crippen LogP contribution in [0.1, 0.15) is 147 Å². The molecule has 1 aliphatic heterocycles. The number of rotatable bonds is 27. The van der Waals surface area contributed by atoms with Gasteiger partial charge in [-0.15, -0.1) is 0 Å². The molecule has 1 atom stereocenters. The first-order chi connectivity index (χ1) is 40.7. The monoisotopic (exact) mass is 1110 g/mol. The molecular weight excluding hydrogens is 1040 g/mol. The lowest BCUT2D eigenvalue weighted by Gasteiger charge is -2.30. The first-order valence-corrected chi connectivity index (χ1v) is 31.2. The Labute approximate surface area is 493 Å². The van der Waals surface area contributed by atoms with Crippen LogP contribution in [-0.2, 0) is 11.4 Å². The zero-order valence-corrected chi connectivity index (χ0v) is 48.9. The first kappa shape index (κ1) is 55.8. The highest BCUT2D eigenvalue weighted by molar-refractivity contribution is 7.58. The SMILES string of the molecule is CCCCCCCCOc1ccc(C(=C(c2ccccc2)c2ccccc2)c2ccc(-c3c4c(c(-c5ccc(C(c6ccc(OCCCCCCCC)cc6)C(c6ccccc6)c6ccccc6)cc5)c5nsnc35)N=S=N4)cc2)cc1. The van der Waals surface area contributed by atoms with Crippen molar-refractivity contribution in [2.45, 2.75) is 103 Å². The minimum atomic E-state index is -0.00125. The summed E-state index contributed by atoms with van der Waals surface area (Å²) in [4.78, 5) is 0. The van der Waals surface area contributed by atoms with E-state index in [0.717, 1.165) is 116 Å². The van der Waals surface area contributed by atoms with Crippen molar-refractivity contribution < 1.29 is 9.47 Å². The van der Waals surface area contributed by atoms with Gasteiger partial charge in [0.25, 0.3) is 0 Å². The van der Waals surface area contributed by atoms with Gasteiger partial charge in [-0.3, -0.25) is 0 Å². The number of ether oxygens (including phenoxy) is 2. The molecule has 0 aliphatic carbocycles. The third kappa shape index (κ3) is 13.2. The van der Waals surface area contributed by atoms with Gasteiger partial charge in [-0.2, -0.15) is 17.5 Å². The fraction of sp³-hybridized carbons (Fsp3) is 0.243. The topological polar surface area (TPSA) is 69.0 Å². The van der Waals surface area contributed by atoms with Crippen LogP contribution in [0, 0.1) is 0 Å². The normalized spacial score (nSPS) is 12.1. The van der Waals surface area contributed by atoms with Gasteiger partial charge >= 0.3 is 0 Å². The minimum Gasteiger partial charge on any atom is -0.494 e. The molecule has 9 aromatic carbocycles. The maximum atomic E-state index is 6.31. The molecule has 0 spiro atoms. The van der Waals surface area contributed by atoms with E-state index in [2.05, 4.69) is 232 Å². The van der Waals surface area contributed by atoms with E-state index in [4.69, 9.17) is 26.9 Å². The molecule has 0 N–H and O–H groups in total. The van der Waals surface area contributed by atoms with Crippen molar-refractivity contribution >= 4 is 56.6 Å². The number of fused-ring (bicyclic) bond motifs is 2. The maximum absolute atomic E-state index is 6.31. The van der Waals surface area contributed by atoms with Crippen LogP contribution in [0.2, 0.25) is 0 Å². The molecule has 412 valence electrons. The summed E-state index contributed by atoms with van der Waals surface area (Å²) in [6.07, 6.45) is 14.8. The Morgan fingerprint density at radius 2 is 0.683 bits per heavy atom. The Morgan fingerprint density at radius 1 is 0.354 bits per heavy atom. The highest BCUT2D eigenvalue weighted by Crippen LogP contribution is 2.53. The van der Waals surface area contributed by atoms with Crippen molar-refractivity contribution in [3.8, 4) is 33.8 Å². The smallest absolute Gasteiger partial charge is 0.119 e. The summed E-state index contributed by atoms with van der Waals surface area (Å²) in [6, 6.07) is 78.8. The molecular formula is C74H72N4O2S2. The zero-order chi connectivity index (χ0) is 55.7. The Morgan fingerprint density at radius 3 is 1.11 bits per heavy atom. The molecule has 1 aromatic heterocycles. The van der Waals surface area contributed by atoms with Crippen molar-refractivity contribution in [1.29, 1.82) is 0 Å². The van der Waals surface area contributed by atoms with E-state index in [9.17, 15) is 0 Å². The molecule has 0 radical (unpaired) electrons. The van der Waals surface area contributed by atoms with E-state index in [0.29, 0.717) is 0 Å². The average Bonchev–Trinajstić information content (AvgIpc) is 4.15. The minimum absolute atomic E-state index is 0.00125. The second-order valence-electron chi connectivity index (χ2n) is 21.5. The summed E-state index contributed by atoms with van der Waals surface area (Å²) >= 11 is 2.47. The van der Waals surface area contributed by atoms with Gasteiger partial charge in [-0.1, -0.05) is 272 Å². The van der Waals surface area contributed by atoms with Crippen LogP contribution in [0.25, 0.3) is 44.4 Å². The Hall–Kier alpha value is -8.04. The second kappa shape index (κ2) is 28.1. The fourth-order valence-electron chi connectivity index (χ4n) is 11.7. The first-order valence-electron chi connectivity index (χ1n) is 29.7. The van der Waals surface area contributed by atoms with Crippen LogP contribution < -0.4 is 9.47 Å². The van der Waals surface area contributed by atoms with Crippen molar-refractivity contribution in [2.75, 3.05) is 13.2 Å². The maximum Gasteiger partial charge on any atom is 0.119 e. The molecule has 0 amide bonds. The van der Waals surface area contributed by atoms with Gasteiger partial charge in [0.05, 0.1) is 36.3 Å². The van der Waals surface area contributed by atoms with Crippen molar-refractivity contribution in [1.82, 2.24) is 8.75 Å². The molecule has 1 unspecified atom stereocenters. The zero-order valence-electron chi connectivity index (χ0n) is 47.3. The van der Waals surface area contributed by atoms with Crippen LogP contribution in [0.3, 0.4) is 0 Å². The lowest BCUT2D eigenvalue weighted by molar-refractivity contribution is 0.304. The molecule has 11 rings (SSSR count). The van der Waals surface area contributed by atoms with Gasteiger partial charge < -0.3 is 9.47 Å². The molecule has 10 aromatic rings. The number of hydrogen-bond acceptors (Lipinski definition) is 7. The lowest BCUT2D eigenvalue weighted by Crippen LogP contribution is -2.15. The number of aromatic nitrogens is 2. The molecule has 0 saturated carbocycles. The van der Waals surface area contributed by atoms with Crippen molar-refractivity contribution in [3.05, 3.63) is 263 Å². The Balaban J connectivity index is 0.933. The molecule has 1 aliphatic rings. The second-order valence-corrected chi connectivity index (χ2v) is 22.5. The predicted molar refractivity (Wildman–Crippen MR) is 345 cm³/mol. The highest BCUT2D eigenvalue weighted by Gasteiger charge is 2.30. The number of nitrogens with zero attached hydrogens (tertiary/aromatic N) is 4. The van der Waals surface area contributed by atoms with E-state index in [-0.39, 0.29) is 11.8 Å². The standard InChI is InChI=1S/C74H72N4O2S2/c1-3-5-7-9-11-25-51-79-63-47-43-59(44-48-63)67(65(53-27-17-13-18-28-53)54-29-19-14-20-30-54)57-35-39-61(40-36-57)69-71-73(77-81-75-71)70(74-72(69)76-82-78-74)62-41-37-58(38-42-62)68(66(55-31-21-15-22-32-55)56-33-23-16-24-34-56)60-45-49-64(50-46-60)80-52-26-12-10-8-6-4-2/h13-24,27-50,65,67H,3-12,25-26,51-52H2,1-2H3. The van der Waals surface area contributed by atoms with Crippen molar-refractivity contribution in [2.24, 2.45) is 8.73 Å². The van der Waals surface area contributed by atoms with Crippen LogP contribution in [-0.4, -0.2) is 22.0 Å². The lowest BCUT2D eigenvalue weighted by atomic mass is 9.73. The molecule has 8 heteroatoms. The van der Waals surface area contributed by atoms with Gasteiger partial charge in [-0.25, -0.2) is 0 Å². The van der Waals surface area contributed by atoms with Gasteiger partial charge in [0, 0.05) is 23.0 Å². The molecule has 0 bridgehead atoms. The Kier molecular flexibility index (Phi) is 19.1. The molecule has 6 nitrogen and oxygen atoms in total. The van der Waals surface area contributed by atoms with E-state index in [1.807, 2.05) is 0 Å². The highest BCUT2D eigenvalue weighted by atomic mass is 32.1. The quantitative estimate of drug-likeness (QED) is 0.0380. The predicted octanol–water partition coefficient (Wildman–Crippen LogP) is 21.2. The van der Waals surface area contributed by atoms with E-state index in [1.54, 1.807) is 0 Å². The van der Waals surface area contributed by atoms with Gasteiger partial charge in [0.1, 0.15) is 33.9 Å². The summed E-state index contributed by atoms with van der Waals surface area (Å²) in [5.41, 5.74) is 19.0. The molecule has 2 heterocycles. The third-order valence-electron chi connectivity index (χ3n) is 15.9. The molecule has 0 fully saturated rings. The average molecular weight is 1110 g/mol. The Bertz CT molecular complexity index is 3650. The molecule has 82 heavy (non-hydrogen) atoms. The summed E-state index contributed by atoms with van der Waals surface area (Å²) in [5, 5.41) is 0. The number of hydrogen-bond donors (Lipinski definition) is 0. The molecule has 0 saturated heterocycles. The van der Waals surface area contributed by atoms with E-state index >= 15 is 0 Å². The van der Waals surface area contributed by atoms with Crippen LogP contribution >= 0.6 is 11.7 Å². The van der Waals surface area contributed by atoms with Crippen molar-refractivity contribution in [3.63, 3.8) is 0 Å². The van der Waals surface area contributed by atoms with Crippen LogP contribution in [0.4, 0.5) is 11.4 Å². The van der Waals surface area contributed by atoms with E-state index < -0.39 is 0 Å². The largest absolute Gasteiger partial charge is 0.494 e. The number of benzene rings is 9. The van der Waals surface area contributed by atoms with Gasteiger partial charge in [0.15, 0.2) is 0 Å². The van der Waals surface area contributed by atoms with Gasteiger partial charge in [-0.05, 0) is 104 Å². The summed E-state index contributed by atoms with van der Waals surface area (Å²) in [6.45, 7) is 5.98. The van der Waals surface area contributed by atoms with Crippen LogP contribution in [0.15, 0.2) is 227 Å². The van der Waals surface area contributed by atoms with E-state index in [1.165, 1.54) is 110 Å². The third-order valence-corrected chi connectivity index (χ3v) is 16.9. The summed E-state index contributed by atoms with van der Waals surface area (Å²) in [7, 11) is 0.